The van der Waals surface area contributed by atoms with Gasteiger partial charge in [0.25, 0.3) is 0 Å². The molecule has 0 aliphatic heterocycles. The average Bonchev–Trinajstić information content (AvgIpc) is 2.06. The zero-order valence-electron chi connectivity index (χ0n) is 7.92. The van der Waals surface area contributed by atoms with E-state index < -0.39 is 0 Å². The van der Waals surface area contributed by atoms with Crippen molar-refractivity contribution in [3.63, 3.8) is 0 Å². The number of ketones is 1. The molecular formula is C11H11ClO2. The molecule has 0 spiro atoms. The fourth-order valence-electron chi connectivity index (χ4n) is 1.41. The molecule has 0 heterocycles. The molecular weight excluding hydrogens is 200 g/mol. The summed E-state index contributed by atoms with van der Waals surface area (Å²) in [6.45, 7) is 1.97. The van der Waals surface area contributed by atoms with Crippen molar-refractivity contribution in [2.75, 3.05) is 0 Å². The molecule has 0 amide bonds. The van der Waals surface area contributed by atoms with Gasteiger partial charge in [0.05, 0.1) is 5.02 Å². The molecule has 2 nitrogen and oxygen atoms in total. The predicted molar refractivity (Wildman–Crippen MR) is 54.8 cm³/mol. The van der Waals surface area contributed by atoms with Crippen LogP contribution in [0.1, 0.15) is 18.4 Å². The summed E-state index contributed by atoms with van der Waals surface area (Å²) in [5, 5.41) is 0.615. The monoisotopic (exact) mass is 210 g/mol. The van der Waals surface area contributed by atoms with Gasteiger partial charge in [0.15, 0.2) is 0 Å². The lowest BCUT2D eigenvalue weighted by Crippen LogP contribution is -2.33. The summed E-state index contributed by atoms with van der Waals surface area (Å²) in [4.78, 5) is 10.7. The summed E-state index contributed by atoms with van der Waals surface area (Å²) in [5.41, 5.74) is 1.10. The van der Waals surface area contributed by atoms with Crippen LogP contribution in [0.15, 0.2) is 18.2 Å². The predicted octanol–water partition coefficient (Wildman–Crippen LogP) is 2.76. The Morgan fingerprint density at radius 1 is 1.43 bits per heavy atom. The van der Waals surface area contributed by atoms with Crippen LogP contribution < -0.4 is 4.74 Å². The van der Waals surface area contributed by atoms with E-state index in [-0.39, 0.29) is 11.9 Å². The molecule has 1 aliphatic carbocycles. The molecule has 1 aromatic rings. The number of carbonyl (C=O) groups is 1. The Bertz CT molecular complexity index is 366. The maximum absolute atomic E-state index is 10.7. The second kappa shape index (κ2) is 3.62. The third-order valence-electron chi connectivity index (χ3n) is 2.29. The highest BCUT2D eigenvalue weighted by molar-refractivity contribution is 6.32. The van der Waals surface area contributed by atoms with Crippen LogP contribution >= 0.6 is 11.6 Å². The van der Waals surface area contributed by atoms with Gasteiger partial charge in [-0.15, -0.1) is 0 Å². The van der Waals surface area contributed by atoms with E-state index in [9.17, 15) is 4.79 Å². The first-order valence-corrected chi connectivity index (χ1v) is 4.97. The first-order valence-electron chi connectivity index (χ1n) is 4.59. The summed E-state index contributed by atoms with van der Waals surface area (Å²) in [7, 11) is 0. The minimum atomic E-state index is 0.0303. The van der Waals surface area contributed by atoms with Crippen molar-refractivity contribution < 1.29 is 9.53 Å². The summed E-state index contributed by atoms with van der Waals surface area (Å²) >= 11 is 5.98. The van der Waals surface area contributed by atoms with Gasteiger partial charge in [0.1, 0.15) is 17.6 Å². The molecule has 74 valence electrons. The van der Waals surface area contributed by atoms with Gasteiger partial charge in [0, 0.05) is 12.8 Å². The molecule has 1 aliphatic rings. The van der Waals surface area contributed by atoms with Crippen LogP contribution in [0.5, 0.6) is 5.75 Å². The number of hydrogen-bond acceptors (Lipinski definition) is 2. The van der Waals surface area contributed by atoms with E-state index in [1.54, 1.807) is 0 Å². The van der Waals surface area contributed by atoms with Gasteiger partial charge in [-0.3, -0.25) is 4.79 Å². The number of aryl methyl sites for hydroxylation is 1. The van der Waals surface area contributed by atoms with E-state index >= 15 is 0 Å². The highest BCUT2D eigenvalue weighted by atomic mass is 35.5. The smallest absolute Gasteiger partial charge is 0.140 e. The van der Waals surface area contributed by atoms with Crippen LogP contribution in [0, 0.1) is 6.92 Å². The van der Waals surface area contributed by atoms with Crippen molar-refractivity contribution in [1.29, 1.82) is 0 Å². The lowest BCUT2D eigenvalue weighted by atomic mass is 9.94. The molecule has 1 saturated carbocycles. The average molecular weight is 211 g/mol. The molecule has 0 aromatic heterocycles. The van der Waals surface area contributed by atoms with Crippen LogP contribution in [0.2, 0.25) is 5.02 Å². The van der Waals surface area contributed by atoms with Crippen molar-refractivity contribution in [3.8, 4) is 5.75 Å². The second-order valence-electron chi connectivity index (χ2n) is 3.62. The van der Waals surface area contributed by atoms with Gasteiger partial charge in [-0.25, -0.2) is 0 Å². The maximum atomic E-state index is 10.7. The van der Waals surface area contributed by atoms with Crippen molar-refractivity contribution in [2.24, 2.45) is 0 Å². The fraction of sp³-hybridized carbons (Fsp3) is 0.364. The number of halogens is 1. The quantitative estimate of drug-likeness (QED) is 0.751. The van der Waals surface area contributed by atoms with E-state index in [0.717, 1.165) is 5.56 Å². The van der Waals surface area contributed by atoms with Crippen molar-refractivity contribution >= 4 is 17.4 Å². The minimum Gasteiger partial charge on any atom is -0.488 e. The summed E-state index contributed by atoms with van der Waals surface area (Å²) in [6.07, 6.45) is 1.07. The molecule has 2 rings (SSSR count). The Morgan fingerprint density at radius 2 is 2.14 bits per heavy atom. The Morgan fingerprint density at radius 3 is 2.71 bits per heavy atom. The van der Waals surface area contributed by atoms with Gasteiger partial charge < -0.3 is 4.74 Å². The first-order chi connectivity index (χ1) is 6.65. The largest absolute Gasteiger partial charge is 0.488 e. The minimum absolute atomic E-state index is 0.0303. The molecule has 0 radical (unpaired) electrons. The number of carbonyl (C=O) groups excluding carboxylic acids is 1. The Labute approximate surface area is 87.8 Å². The van der Waals surface area contributed by atoms with E-state index in [4.69, 9.17) is 16.3 Å². The number of Topliss-reactive ketones (excluding diaryl/α,β-unsaturated/α-hetero) is 1. The molecule has 0 saturated heterocycles. The van der Waals surface area contributed by atoms with Crippen LogP contribution in [-0.2, 0) is 4.79 Å². The SMILES string of the molecule is Cc1ccc(OC2CC(=O)C2)c(Cl)c1. The molecule has 1 fully saturated rings. The maximum Gasteiger partial charge on any atom is 0.140 e. The van der Waals surface area contributed by atoms with Crippen molar-refractivity contribution in [2.45, 2.75) is 25.9 Å². The van der Waals surface area contributed by atoms with E-state index in [2.05, 4.69) is 0 Å². The Balaban J connectivity index is 2.06. The van der Waals surface area contributed by atoms with Gasteiger partial charge in [-0.1, -0.05) is 17.7 Å². The summed E-state index contributed by atoms with van der Waals surface area (Å²) in [5.74, 6) is 0.938. The standard InChI is InChI=1S/C11H11ClO2/c1-7-2-3-11(10(12)4-7)14-9-5-8(13)6-9/h2-4,9H,5-6H2,1H3. The highest BCUT2D eigenvalue weighted by Gasteiger charge is 2.28. The molecule has 0 atom stereocenters. The zero-order valence-corrected chi connectivity index (χ0v) is 8.67. The van der Waals surface area contributed by atoms with E-state index in [1.165, 1.54) is 0 Å². The normalized spacial score (nSPS) is 16.6. The number of hydrogen-bond donors (Lipinski definition) is 0. The summed E-state index contributed by atoms with van der Waals surface area (Å²) in [6, 6.07) is 5.65. The van der Waals surface area contributed by atoms with Crippen LogP contribution in [0.4, 0.5) is 0 Å². The molecule has 0 bridgehead atoms. The fourth-order valence-corrected chi connectivity index (χ4v) is 1.69. The van der Waals surface area contributed by atoms with Gasteiger partial charge in [-0.05, 0) is 24.6 Å². The summed E-state index contributed by atoms with van der Waals surface area (Å²) < 4.78 is 5.55. The van der Waals surface area contributed by atoms with Crippen molar-refractivity contribution in [3.05, 3.63) is 28.8 Å². The number of rotatable bonds is 2. The van der Waals surface area contributed by atoms with Crippen LogP contribution in [-0.4, -0.2) is 11.9 Å². The van der Waals surface area contributed by atoms with E-state index in [1.807, 2.05) is 25.1 Å². The zero-order chi connectivity index (χ0) is 10.1. The first kappa shape index (κ1) is 9.53. The molecule has 14 heavy (non-hydrogen) atoms. The molecule has 1 aromatic carbocycles. The van der Waals surface area contributed by atoms with Gasteiger partial charge in [0.2, 0.25) is 0 Å². The Hall–Kier alpha value is -1.02. The van der Waals surface area contributed by atoms with Crippen LogP contribution in [0.3, 0.4) is 0 Å². The van der Waals surface area contributed by atoms with Crippen LogP contribution in [0.25, 0.3) is 0 Å². The topological polar surface area (TPSA) is 26.3 Å². The third kappa shape index (κ3) is 1.90. The second-order valence-corrected chi connectivity index (χ2v) is 4.03. The van der Waals surface area contributed by atoms with Gasteiger partial charge >= 0.3 is 0 Å². The lowest BCUT2D eigenvalue weighted by molar-refractivity contribution is -0.129. The molecule has 3 heteroatoms. The van der Waals surface area contributed by atoms with Gasteiger partial charge in [-0.2, -0.15) is 0 Å². The van der Waals surface area contributed by atoms with Crippen molar-refractivity contribution in [1.82, 2.24) is 0 Å². The van der Waals surface area contributed by atoms with E-state index in [0.29, 0.717) is 23.6 Å². The lowest BCUT2D eigenvalue weighted by Gasteiger charge is -2.25. The molecule has 0 N–H and O–H groups in total. The number of ether oxygens (including phenoxy) is 1. The number of benzene rings is 1. The Kier molecular flexibility index (Phi) is 2.46. The molecule has 0 unspecified atom stereocenters. The highest BCUT2D eigenvalue weighted by Crippen LogP contribution is 2.29. The third-order valence-corrected chi connectivity index (χ3v) is 2.59.